The number of rotatable bonds is 3. The van der Waals surface area contributed by atoms with Gasteiger partial charge in [-0.25, -0.2) is 0 Å². The number of hydrogen-bond donors (Lipinski definition) is 0. The minimum atomic E-state index is 0.432. The summed E-state index contributed by atoms with van der Waals surface area (Å²) in [5.74, 6) is 0.743. The summed E-state index contributed by atoms with van der Waals surface area (Å²) >= 11 is 9.47. The van der Waals surface area contributed by atoms with Crippen molar-refractivity contribution in [2.24, 2.45) is 0 Å². The van der Waals surface area contributed by atoms with Gasteiger partial charge in [-0.3, -0.25) is 0 Å². The lowest BCUT2D eigenvalue weighted by molar-refractivity contribution is 0.304. The molecule has 0 saturated heterocycles. The predicted molar refractivity (Wildman–Crippen MR) is 68.4 cm³/mol. The van der Waals surface area contributed by atoms with E-state index >= 15 is 0 Å². The molecule has 0 aliphatic rings. The molecule has 0 fully saturated rings. The smallest absolute Gasteiger partial charge is 0.178 e. The maximum atomic E-state index is 5.82. The van der Waals surface area contributed by atoms with Crippen LogP contribution in [0.25, 0.3) is 0 Å². The predicted octanol–water partition coefficient (Wildman–Crippen LogP) is 3.38. The van der Waals surface area contributed by atoms with Crippen LogP contribution in [0.15, 0.2) is 24.3 Å². The molecule has 1 aromatic carbocycles. The monoisotopic (exact) mass is 352 g/mol. The Kier molecular flexibility index (Phi) is 3.76. The van der Waals surface area contributed by atoms with E-state index in [1.807, 2.05) is 18.2 Å². The average Bonchev–Trinajstić information content (AvgIpc) is 2.62. The largest absolute Gasteiger partial charge is 0.486 e. The second-order valence-corrected chi connectivity index (χ2v) is 5.95. The Balaban J connectivity index is 1.99. The highest BCUT2D eigenvalue weighted by Gasteiger charge is 2.02. The van der Waals surface area contributed by atoms with Crippen molar-refractivity contribution in [3.63, 3.8) is 0 Å². The number of hydrogen-bond acceptors (Lipinski definition) is 4. The molecule has 0 amide bonds. The Morgan fingerprint density at radius 3 is 2.93 bits per heavy atom. The summed E-state index contributed by atoms with van der Waals surface area (Å²) in [4.78, 5) is 0. The molecular formula is C9H6ClIN2OS. The summed E-state index contributed by atoms with van der Waals surface area (Å²) in [5.41, 5.74) is 0. The van der Waals surface area contributed by atoms with Gasteiger partial charge in [-0.2, -0.15) is 0 Å². The van der Waals surface area contributed by atoms with Crippen LogP contribution in [-0.4, -0.2) is 10.2 Å². The van der Waals surface area contributed by atoms with E-state index in [1.165, 1.54) is 11.3 Å². The molecule has 0 spiro atoms. The van der Waals surface area contributed by atoms with Crippen molar-refractivity contribution >= 4 is 45.5 Å². The van der Waals surface area contributed by atoms with Gasteiger partial charge >= 0.3 is 0 Å². The van der Waals surface area contributed by atoms with Gasteiger partial charge in [-0.1, -0.05) is 29.0 Å². The average molecular weight is 353 g/mol. The first kappa shape index (κ1) is 11.1. The third-order valence-electron chi connectivity index (χ3n) is 1.60. The van der Waals surface area contributed by atoms with Crippen LogP contribution in [-0.2, 0) is 6.61 Å². The van der Waals surface area contributed by atoms with Gasteiger partial charge in [0.2, 0.25) is 0 Å². The first-order valence-corrected chi connectivity index (χ1v) is 6.37. The first-order valence-electron chi connectivity index (χ1n) is 4.10. The van der Waals surface area contributed by atoms with Crippen molar-refractivity contribution in [3.8, 4) is 5.75 Å². The van der Waals surface area contributed by atoms with Gasteiger partial charge in [0, 0.05) is 5.02 Å². The second kappa shape index (κ2) is 5.09. The molecule has 0 saturated carbocycles. The second-order valence-electron chi connectivity index (χ2n) is 2.69. The van der Waals surface area contributed by atoms with Crippen LogP contribution in [0.2, 0.25) is 5.02 Å². The molecule has 1 aromatic heterocycles. The van der Waals surface area contributed by atoms with Crippen LogP contribution >= 0.6 is 45.5 Å². The molecule has 0 aliphatic heterocycles. The molecule has 2 rings (SSSR count). The summed E-state index contributed by atoms with van der Waals surface area (Å²) in [6.45, 7) is 0.432. The highest BCUT2D eigenvalue weighted by Crippen LogP contribution is 2.19. The molecule has 0 N–H and O–H groups in total. The van der Waals surface area contributed by atoms with Crippen molar-refractivity contribution in [3.05, 3.63) is 37.3 Å². The van der Waals surface area contributed by atoms with Crippen LogP contribution in [0.1, 0.15) is 5.01 Å². The Hall–Kier alpha value is -0.400. The normalized spacial score (nSPS) is 10.3. The summed E-state index contributed by atoms with van der Waals surface area (Å²) < 4.78 is 6.42. The Bertz CT molecular complexity index is 463. The van der Waals surface area contributed by atoms with Gasteiger partial charge in [0.1, 0.15) is 12.4 Å². The molecule has 0 unspecified atom stereocenters. The molecule has 3 nitrogen and oxygen atoms in total. The van der Waals surface area contributed by atoms with Gasteiger partial charge in [0.15, 0.2) is 8.02 Å². The van der Waals surface area contributed by atoms with Crippen molar-refractivity contribution < 1.29 is 4.74 Å². The van der Waals surface area contributed by atoms with Crippen LogP contribution in [0.3, 0.4) is 0 Å². The summed E-state index contributed by atoms with van der Waals surface area (Å²) in [6, 6.07) is 7.29. The SMILES string of the molecule is Clc1cccc(OCc2nnc(I)s2)c1. The van der Waals surface area contributed by atoms with E-state index in [0.29, 0.717) is 11.6 Å². The van der Waals surface area contributed by atoms with Gasteiger partial charge in [-0.05, 0) is 40.8 Å². The molecule has 0 bridgehead atoms. The van der Waals surface area contributed by atoms with E-state index in [1.54, 1.807) is 6.07 Å². The van der Waals surface area contributed by atoms with Gasteiger partial charge < -0.3 is 4.74 Å². The van der Waals surface area contributed by atoms with Crippen molar-refractivity contribution in [2.45, 2.75) is 6.61 Å². The van der Waals surface area contributed by atoms with Crippen LogP contribution < -0.4 is 4.74 Å². The number of nitrogens with zero attached hydrogens (tertiary/aromatic N) is 2. The molecule has 0 aliphatic carbocycles. The lowest BCUT2D eigenvalue weighted by Crippen LogP contribution is -1.94. The lowest BCUT2D eigenvalue weighted by atomic mass is 10.3. The highest BCUT2D eigenvalue weighted by molar-refractivity contribution is 14.1. The summed E-state index contributed by atoms with van der Waals surface area (Å²) in [5, 5.41) is 9.38. The molecule has 0 atom stereocenters. The Morgan fingerprint density at radius 1 is 1.40 bits per heavy atom. The van der Waals surface area contributed by atoms with Crippen molar-refractivity contribution in [2.75, 3.05) is 0 Å². The zero-order chi connectivity index (χ0) is 10.7. The molecule has 6 heteroatoms. The molecule has 2 aromatic rings. The molecular weight excluding hydrogens is 347 g/mol. The van der Waals surface area contributed by atoms with E-state index < -0.39 is 0 Å². The van der Waals surface area contributed by atoms with Gasteiger partial charge in [-0.15, -0.1) is 10.2 Å². The minimum absolute atomic E-state index is 0.432. The van der Waals surface area contributed by atoms with Crippen LogP contribution in [0, 0.1) is 3.01 Å². The topological polar surface area (TPSA) is 35.0 Å². The minimum Gasteiger partial charge on any atom is -0.486 e. The maximum absolute atomic E-state index is 5.82. The van der Waals surface area contributed by atoms with E-state index in [4.69, 9.17) is 16.3 Å². The zero-order valence-electron chi connectivity index (χ0n) is 7.48. The fraction of sp³-hybridized carbons (Fsp3) is 0.111. The number of benzene rings is 1. The maximum Gasteiger partial charge on any atom is 0.178 e. The van der Waals surface area contributed by atoms with E-state index in [0.717, 1.165) is 13.8 Å². The Morgan fingerprint density at radius 2 is 2.27 bits per heavy atom. The number of aromatic nitrogens is 2. The summed E-state index contributed by atoms with van der Waals surface area (Å²) in [7, 11) is 0. The number of ether oxygens (including phenoxy) is 1. The van der Waals surface area contributed by atoms with Gasteiger partial charge in [0.05, 0.1) is 0 Å². The quantitative estimate of drug-likeness (QED) is 0.795. The number of halogens is 2. The standard InChI is InChI=1S/C9H6ClIN2OS/c10-6-2-1-3-7(4-6)14-5-8-12-13-9(11)15-8/h1-4H,5H2. The zero-order valence-corrected chi connectivity index (χ0v) is 11.2. The molecule has 1 heterocycles. The highest BCUT2D eigenvalue weighted by atomic mass is 127. The molecule has 0 radical (unpaired) electrons. The van der Waals surface area contributed by atoms with E-state index in [9.17, 15) is 0 Å². The lowest BCUT2D eigenvalue weighted by Gasteiger charge is -2.02. The third kappa shape index (κ3) is 3.29. The van der Waals surface area contributed by atoms with Crippen LogP contribution in [0.4, 0.5) is 0 Å². The van der Waals surface area contributed by atoms with Crippen LogP contribution in [0.5, 0.6) is 5.75 Å². The third-order valence-corrected chi connectivity index (χ3v) is 3.40. The van der Waals surface area contributed by atoms with E-state index in [-0.39, 0.29) is 0 Å². The fourth-order valence-electron chi connectivity index (χ4n) is 0.993. The molecule has 78 valence electrons. The fourth-order valence-corrected chi connectivity index (χ4v) is 2.52. The summed E-state index contributed by atoms with van der Waals surface area (Å²) in [6.07, 6.45) is 0. The molecule has 15 heavy (non-hydrogen) atoms. The van der Waals surface area contributed by atoms with Crippen molar-refractivity contribution in [1.29, 1.82) is 0 Å². The first-order chi connectivity index (χ1) is 7.24. The Labute approximate surface area is 110 Å². The van der Waals surface area contributed by atoms with Gasteiger partial charge in [0.25, 0.3) is 0 Å². The van der Waals surface area contributed by atoms with E-state index in [2.05, 4.69) is 32.8 Å². The van der Waals surface area contributed by atoms with Crippen molar-refractivity contribution in [1.82, 2.24) is 10.2 Å².